The second kappa shape index (κ2) is 10.6. The Morgan fingerprint density at radius 1 is 1.10 bits per heavy atom. The molecule has 1 amide bonds. The van der Waals surface area contributed by atoms with Gasteiger partial charge in [-0.15, -0.1) is 0 Å². The first-order valence-corrected chi connectivity index (χ1v) is 10.2. The molecule has 0 radical (unpaired) electrons. The highest BCUT2D eigenvalue weighted by Crippen LogP contribution is 2.22. The molecule has 0 unspecified atom stereocenters. The van der Waals surface area contributed by atoms with Crippen LogP contribution >= 0.6 is 0 Å². The summed E-state index contributed by atoms with van der Waals surface area (Å²) in [5.74, 6) is -0.101. The molecule has 5 nitrogen and oxygen atoms in total. The Balaban J connectivity index is 1.73. The normalized spacial score (nSPS) is 11.9. The molecule has 0 aliphatic rings. The van der Waals surface area contributed by atoms with Crippen LogP contribution < -0.4 is 5.32 Å². The minimum absolute atomic E-state index is 0.101. The molecule has 3 rings (SSSR count). The van der Waals surface area contributed by atoms with E-state index in [4.69, 9.17) is 9.84 Å². The van der Waals surface area contributed by atoms with Gasteiger partial charge in [0.25, 0.3) is 0 Å². The van der Waals surface area contributed by atoms with Crippen LogP contribution in [0.25, 0.3) is 11.3 Å². The molecule has 1 aromatic heterocycles. The van der Waals surface area contributed by atoms with Crippen LogP contribution in [0.5, 0.6) is 0 Å². The molecule has 0 saturated carbocycles. The number of aromatic nitrogens is 2. The smallest absolute Gasteiger partial charge is 0.249 e. The molecule has 1 heterocycles. The van der Waals surface area contributed by atoms with Crippen molar-refractivity contribution >= 4 is 5.91 Å². The Kier molecular flexibility index (Phi) is 7.59. The lowest BCUT2D eigenvalue weighted by Gasteiger charge is -2.13. The number of hydrogen-bond acceptors (Lipinski definition) is 3. The van der Waals surface area contributed by atoms with E-state index in [9.17, 15) is 4.79 Å². The van der Waals surface area contributed by atoms with E-state index < -0.39 is 6.10 Å². The van der Waals surface area contributed by atoms with Gasteiger partial charge in [-0.2, -0.15) is 5.10 Å². The summed E-state index contributed by atoms with van der Waals surface area (Å²) in [6, 6.07) is 20.3. The summed E-state index contributed by atoms with van der Waals surface area (Å²) < 4.78 is 7.53. The Morgan fingerprint density at radius 3 is 2.48 bits per heavy atom. The van der Waals surface area contributed by atoms with E-state index >= 15 is 0 Å². The van der Waals surface area contributed by atoms with Crippen LogP contribution in [0.15, 0.2) is 66.9 Å². The van der Waals surface area contributed by atoms with Crippen molar-refractivity contribution in [3.8, 4) is 11.3 Å². The maximum atomic E-state index is 12.4. The topological polar surface area (TPSA) is 56.1 Å². The van der Waals surface area contributed by atoms with Crippen LogP contribution in [0, 0.1) is 0 Å². The Hall–Kier alpha value is -2.92. The first kappa shape index (κ1) is 20.8. The van der Waals surface area contributed by atoms with Crippen molar-refractivity contribution in [3.63, 3.8) is 0 Å². The van der Waals surface area contributed by atoms with E-state index in [0.717, 1.165) is 29.7 Å². The first-order chi connectivity index (χ1) is 14.2. The van der Waals surface area contributed by atoms with Crippen LogP contribution in [-0.2, 0) is 22.6 Å². The number of hydrogen-bond donors (Lipinski definition) is 1. The Labute approximate surface area is 172 Å². The third kappa shape index (κ3) is 6.03. The zero-order valence-corrected chi connectivity index (χ0v) is 17.2. The van der Waals surface area contributed by atoms with Gasteiger partial charge in [0.05, 0.1) is 12.2 Å². The second-order valence-corrected chi connectivity index (χ2v) is 7.14. The van der Waals surface area contributed by atoms with E-state index in [1.54, 1.807) is 6.92 Å². The second-order valence-electron chi connectivity index (χ2n) is 7.14. The van der Waals surface area contributed by atoms with Crippen molar-refractivity contribution in [1.29, 1.82) is 0 Å². The molecule has 0 saturated heterocycles. The fraction of sp³-hybridized carbons (Fsp3) is 0.333. The molecule has 5 heteroatoms. The molecule has 0 fully saturated rings. The zero-order valence-electron chi connectivity index (χ0n) is 17.2. The van der Waals surface area contributed by atoms with Crippen molar-refractivity contribution in [2.24, 2.45) is 0 Å². The van der Waals surface area contributed by atoms with E-state index in [0.29, 0.717) is 19.7 Å². The molecule has 29 heavy (non-hydrogen) atoms. The zero-order chi connectivity index (χ0) is 20.5. The van der Waals surface area contributed by atoms with Gasteiger partial charge in [0, 0.05) is 30.5 Å². The monoisotopic (exact) mass is 391 g/mol. The molecular formula is C24H29N3O2. The highest BCUT2D eigenvalue weighted by atomic mass is 16.5. The lowest BCUT2D eigenvalue weighted by atomic mass is 10.1. The largest absolute Gasteiger partial charge is 0.369 e. The van der Waals surface area contributed by atoms with Gasteiger partial charge < -0.3 is 10.1 Å². The van der Waals surface area contributed by atoms with Crippen LogP contribution in [0.1, 0.15) is 37.8 Å². The summed E-state index contributed by atoms with van der Waals surface area (Å²) in [6.07, 6.45) is 3.57. The van der Waals surface area contributed by atoms with Crippen molar-refractivity contribution in [2.45, 2.75) is 45.9 Å². The predicted octanol–water partition coefficient (Wildman–Crippen LogP) is 4.42. The minimum atomic E-state index is -0.457. The van der Waals surface area contributed by atoms with Crippen LogP contribution in [-0.4, -0.2) is 28.4 Å². The number of ether oxygens (including phenoxy) is 1. The number of benzene rings is 2. The maximum Gasteiger partial charge on any atom is 0.249 e. The van der Waals surface area contributed by atoms with Crippen molar-refractivity contribution in [3.05, 3.63) is 78.0 Å². The molecule has 1 N–H and O–H groups in total. The summed E-state index contributed by atoms with van der Waals surface area (Å²) in [6.45, 7) is 5.61. The fourth-order valence-corrected chi connectivity index (χ4v) is 3.09. The predicted molar refractivity (Wildman–Crippen MR) is 115 cm³/mol. The number of nitrogens with zero attached hydrogens (tertiary/aromatic N) is 2. The molecule has 0 aliphatic carbocycles. The average Bonchev–Trinajstić information content (AvgIpc) is 3.16. The van der Waals surface area contributed by atoms with Crippen LogP contribution in [0.3, 0.4) is 0 Å². The van der Waals surface area contributed by atoms with Gasteiger partial charge in [-0.1, -0.05) is 74.0 Å². The number of carbonyl (C=O) groups excluding carboxylic acids is 1. The molecule has 2 aromatic carbocycles. The van der Waals surface area contributed by atoms with Gasteiger partial charge in [-0.25, -0.2) is 0 Å². The lowest BCUT2D eigenvalue weighted by Crippen LogP contribution is -2.34. The quantitative estimate of drug-likeness (QED) is 0.521. The maximum absolute atomic E-state index is 12.4. The lowest BCUT2D eigenvalue weighted by molar-refractivity contribution is -0.131. The minimum Gasteiger partial charge on any atom is -0.369 e. The van der Waals surface area contributed by atoms with Gasteiger partial charge in [0.2, 0.25) is 5.91 Å². The first-order valence-electron chi connectivity index (χ1n) is 10.2. The summed E-state index contributed by atoms with van der Waals surface area (Å²) in [7, 11) is 0. The summed E-state index contributed by atoms with van der Waals surface area (Å²) in [5, 5.41) is 7.79. The third-order valence-electron chi connectivity index (χ3n) is 4.76. The summed E-state index contributed by atoms with van der Waals surface area (Å²) >= 11 is 0. The van der Waals surface area contributed by atoms with E-state index in [-0.39, 0.29) is 5.91 Å². The summed E-state index contributed by atoms with van der Waals surface area (Å²) in [5.41, 5.74) is 4.10. The van der Waals surface area contributed by atoms with Crippen molar-refractivity contribution in [2.75, 3.05) is 6.61 Å². The summed E-state index contributed by atoms with van der Waals surface area (Å²) in [4.78, 5) is 12.4. The molecule has 3 aromatic rings. The van der Waals surface area contributed by atoms with E-state index in [1.807, 2.05) is 59.4 Å². The van der Waals surface area contributed by atoms with Gasteiger partial charge >= 0.3 is 0 Å². The number of amides is 1. The molecule has 152 valence electrons. The fourth-order valence-electron chi connectivity index (χ4n) is 3.09. The van der Waals surface area contributed by atoms with Gasteiger partial charge in [0.1, 0.15) is 6.10 Å². The Morgan fingerprint density at radius 2 is 1.79 bits per heavy atom. The molecule has 0 aliphatic heterocycles. The molecule has 1 atom stereocenters. The SMILES string of the molecule is CCCCO[C@@H](C)C(=O)NCc1cn(Cc2ccccc2)nc1-c1ccccc1. The highest BCUT2D eigenvalue weighted by Gasteiger charge is 2.16. The number of unbranched alkanes of at least 4 members (excludes halogenated alkanes) is 1. The molecule has 0 bridgehead atoms. The number of carbonyl (C=O) groups is 1. The third-order valence-corrected chi connectivity index (χ3v) is 4.76. The van der Waals surface area contributed by atoms with Gasteiger partial charge in [-0.05, 0) is 18.9 Å². The standard InChI is InChI=1S/C24H29N3O2/c1-3-4-15-29-19(2)24(28)25-16-22-18-27(17-20-11-7-5-8-12-20)26-23(22)21-13-9-6-10-14-21/h5-14,18-19H,3-4,15-17H2,1-2H3,(H,25,28)/t19-/m0/s1. The van der Waals surface area contributed by atoms with Crippen molar-refractivity contribution in [1.82, 2.24) is 15.1 Å². The Bertz CT molecular complexity index is 891. The van der Waals surface area contributed by atoms with Crippen LogP contribution in [0.4, 0.5) is 0 Å². The van der Waals surface area contributed by atoms with E-state index in [1.165, 1.54) is 5.56 Å². The molecule has 0 spiro atoms. The molecular weight excluding hydrogens is 362 g/mol. The number of nitrogens with one attached hydrogen (secondary N) is 1. The highest BCUT2D eigenvalue weighted by molar-refractivity contribution is 5.80. The van der Waals surface area contributed by atoms with Gasteiger partial charge in [-0.3, -0.25) is 9.48 Å². The van der Waals surface area contributed by atoms with Crippen molar-refractivity contribution < 1.29 is 9.53 Å². The van der Waals surface area contributed by atoms with E-state index in [2.05, 4.69) is 24.4 Å². The number of rotatable bonds is 10. The van der Waals surface area contributed by atoms with Gasteiger partial charge in [0.15, 0.2) is 0 Å². The average molecular weight is 392 g/mol. The van der Waals surface area contributed by atoms with Crippen LogP contribution in [0.2, 0.25) is 0 Å².